The van der Waals surface area contributed by atoms with Gasteiger partial charge in [0, 0.05) is 0 Å². The highest BCUT2D eigenvalue weighted by atomic mass is 14.5. The molecule has 17 heavy (non-hydrogen) atoms. The Morgan fingerprint density at radius 3 is 1.41 bits per heavy atom. The zero-order valence-corrected chi connectivity index (χ0v) is 12.2. The average Bonchev–Trinajstić information content (AvgIpc) is 2.18. The van der Waals surface area contributed by atoms with E-state index >= 15 is 0 Å². The van der Waals surface area contributed by atoms with Crippen LogP contribution in [0.4, 0.5) is 0 Å². The van der Waals surface area contributed by atoms with Gasteiger partial charge in [-0.3, -0.25) is 0 Å². The molecular weight excluding hydrogens is 204 g/mol. The van der Waals surface area contributed by atoms with Gasteiger partial charge in [-0.1, -0.05) is 65.8 Å². The summed E-state index contributed by atoms with van der Waals surface area (Å²) in [4.78, 5) is 0. The summed E-state index contributed by atoms with van der Waals surface area (Å²) in [6.45, 7) is 14.4. The van der Waals surface area contributed by atoms with Gasteiger partial charge in [-0.05, 0) is 40.2 Å². The van der Waals surface area contributed by atoms with Gasteiger partial charge in [-0.2, -0.15) is 0 Å². The lowest BCUT2D eigenvalue weighted by Crippen LogP contribution is -2.26. The molecular formula is C17H26. The summed E-state index contributed by atoms with van der Waals surface area (Å²) < 4.78 is 0. The van der Waals surface area contributed by atoms with Gasteiger partial charge in [0.05, 0.1) is 0 Å². The van der Waals surface area contributed by atoms with Crippen molar-refractivity contribution in [2.45, 2.75) is 65.2 Å². The summed E-state index contributed by atoms with van der Waals surface area (Å²) in [5.74, 6) is 0. The van der Waals surface area contributed by atoms with Crippen molar-refractivity contribution in [2.75, 3.05) is 0 Å². The van der Waals surface area contributed by atoms with Crippen LogP contribution in [-0.2, 0) is 10.8 Å². The monoisotopic (exact) mass is 230 g/mol. The van der Waals surface area contributed by atoms with Crippen LogP contribution in [0.2, 0.25) is 0 Å². The van der Waals surface area contributed by atoms with Crippen LogP contribution < -0.4 is 0 Å². The van der Waals surface area contributed by atoms with Gasteiger partial charge in [0.15, 0.2) is 0 Å². The first-order valence-corrected chi connectivity index (χ1v) is 6.74. The number of rotatable bonds is 0. The van der Waals surface area contributed by atoms with Crippen LogP contribution in [0.25, 0.3) is 0 Å². The van der Waals surface area contributed by atoms with Crippen molar-refractivity contribution < 1.29 is 0 Å². The van der Waals surface area contributed by atoms with E-state index in [1.165, 1.54) is 12.8 Å². The van der Waals surface area contributed by atoms with Gasteiger partial charge < -0.3 is 0 Å². The Morgan fingerprint density at radius 1 is 0.706 bits per heavy atom. The van der Waals surface area contributed by atoms with E-state index in [2.05, 4.69) is 65.8 Å². The van der Waals surface area contributed by atoms with Crippen LogP contribution in [0.1, 0.15) is 65.5 Å². The van der Waals surface area contributed by atoms with Gasteiger partial charge in [-0.25, -0.2) is 0 Å². The van der Waals surface area contributed by atoms with Crippen LogP contribution in [0, 0.1) is 5.41 Å². The van der Waals surface area contributed by atoms with Gasteiger partial charge in [0.1, 0.15) is 0 Å². The molecule has 1 aliphatic carbocycles. The fraction of sp³-hybridized carbons (Fsp3) is 0.647. The molecule has 0 aliphatic heterocycles. The second-order valence-corrected chi connectivity index (χ2v) is 7.83. The highest BCUT2D eigenvalue weighted by Crippen LogP contribution is 2.50. The maximum atomic E-state index is 2.42. The topological polar surface area (TPSA) is 0 Å². The van der Waals surface area contributed by atoms with Crippen molar-refractivity contribution in [3.63, 3.8) is 0 Å². The molecule has 0 bridgehead atoms. The molecule has 1 aromatic carbocycles. The Bertz CT molecular complexity index is 382. The van der Waals surface area contributed by atoms with Crippen LogP contribution in [0.3, 0.4) is 0 Å². The van der Waals surface area contributed by atoms with E-state index in [-0.39, 0.29) is 10.8 Å². The second kappa shape index (κ2) is 3.60. The summed E-state index contributed by atoms with van der Waals surface area (Å²) in [5, 5.41) is 0. The van der Waals surface area contributed by atoms with E-state index in [1.54, 1.807) is 11.1 Å². The van der Waals surface area contributed by atoms with Crippen LogP contribution in [-0.4, -0.2) is 0 Å². The fourth-order valence-corrected chi connectivity index (χ4v) is 4.31. The highest BCUT2D eigenvalue weighted by Gasteiger charge is 2.41. The van der Waals surface area contributed by atoms with E-state index in [1.807, 2.05) is 0 Å². The lowest BCUT2D eigenvalue weighted by molar-refractivity contribution is 0.213. The molecule has 0 amide bonds. The predicted molar refractivity (Wildman–Crippen MR) is 75.5 cm³/mol. The van der Waals surface area contributed by atoms with Crippen molar-refractivity contribution in [1.82, 2.24) is 0 Å². The van der Waals surface area contributed by atoms with Crippen molar-refractivity contribution in [3.05, 3.63) is 35.4 Å². The molecule has 2 rings (SSSR count). The number of benzene rings is 1. The Balaban J connectivity index is 2.65. The van der Waals surface area contributed by atoms with Crippen molar-refractivity contribution in [1.29, 1.82) is 0 Å². The molecule has 1 aliphatic rings. The molecule has 0 aromatic heterocycles. The van der Waals surface area contributed by atoms with Crippen molar-refractivity contribution in [3.8, 4) is 0 Å². The molecule has 0 N–H and O–H groups in total. The lowest BCUT2D eigenvalue weighted by Gasteiger charge is -2.34. The second-order valence-electron chi connectivity index (χ2n) is 7.83. The van der Waals surface area contributed by atoms with E-state index in [0.29, 0.717) is 5.41 Å². The quantitative estimate of drug-likeness (QED) is 0.546. The van der Waals surface area contributed by atoms with Crippen LogP contribution in [0.15, 0.2) is 24.3 Å². The molecule has 0 fully saturated rings. The molecule has 0 spiro atoms. The highest BCUT2D eigenvalue weighted by molar-refractivity contribution is 5.40. The summed E-state index contributed by atoms with van der Waals surface area (Å²) in [6.07, 6.45) is 2.53. The minimum absolute atomic E-state index is 0.286. The van der Waals surface area contributed by atoms with Crippen LogP contribution >= 0.6 is 0 Å². The van der Waals surface area contributed by atoms with Crippen LogP contribution in [0.5, 0.6) is 0 Å². The number of hydrogen-bond donors (Lipinski definition) is 0. The third kappa shape index (κ3) is 2.27. The Morgan fingerprint density at radius 2 is 1.06 bits per heavy atom. The summed E-state index contributed by atoms with van der Waals surface area (Å²) in [7, 11) is 0. The smallest absolute Gasteiger partial charge is 0.00955 e. The van der Waals surface area contributed by atoms with Crippen molar-refractivity contribution in [2.24, 2.45) is 5.41 Å². The SMILES string of the molecule is CC1(C)CC(C)(C)c2ccccc2C(C)(C)C1. The van der Waals surface area contributed by atoms with Gasteiger partial charge in [0.2, 0.25) is 0 Å². The molecule has 0 nitrogen and oxygen atoms in total. The van der Waals surface area contributed by atoms with E-state index in [0.717, 1.165) is 0 Å². The maximum absolute atomic E-state index is 2.42. The largest absolute Gasteiger partial charge is 0.0620 e. The molecule has 0 saturated heterocycles. The zero-order valence-electron chi connectivity index (χ0n) is 12.2. The number of hydrogen-bond acceptors (Lipinski definition) is 0. The standard InChI is InChI=1S/C17H26/c1-15(2)11-16(3,4)13-9-7-8-10-14(13)17(5,6)12-15/h7-10H,11-12H2,1-6H3. The minimum atomic E-state index is 0.286. The van der Waals surface area contributed by atoms with E-state index < -0.39 is 0 Å². The molecule has 0 heteroatoms. The first kappa shape index (κ1) is 12.7. The van der Waals surface area contributed by atoms with E-state index in [4.69, 9.17) is 0 Å². The third-order valence-electron chi connectivity index (χ3n) is 4.23. The Hall–Kier alpha value is -0.780. The van der Waals surface area contributed by atoms with Gasteiger partial charge >= 0.3 is 0 Å². The predicted octanol–water partition coefficient (Wildman–Crippen LogP) is 5.06. The summed E-state index contributed by atoms with van der Waals surface area (Å²) >= 11 is 0. The fourth-order valence-electron chi connectivity index (χ4n) is 4.31. The van der Waals surface area contributed by atoms with Gasteiger partial charge in [0.25, 0.3) is 0 Å². The normalized spacial score (nSPS) is 24.8. The van der Waals surface area contributed by atoms with Crippen molar-refractivity contribution >= 4 is 0 Å². The molecule has 0 radical (unpaired) electrons. The zero-order chi connectivity index (χ0) is 12.9. The lowest BCUT2D eigenvalue weighted by atomic mass is 9.70. The van der Waals surface area contributed by atoms with E-state index in [9.17, 15) is 0 Å². The minimum Gasteiger partial charge on any atom is -0.0620 e. The van der Waals surface area contributed by atoms with Gasteiger partial charge in [-0.15, -0.1) is 0 Å². The molecule has 0 unspecified atom stereocenters. The molecule has 0 heterocycles. The molecule has 94 valence electrons. The molecule has 0 saturated carbocycles. The first-order chi connectivity index (χ1) is 7.64. The molecule has 1 aromatic rings. The Kier molecular flexibility index (Phi) is 2.69. The summed E-state index contributed by atoms with van der Waals surface area (Å²) in [5.41, 5.74) is 4.08. The summed E-state index contributed by atoms with van der Waals surface area (Å²) in [6, 6.07) is 9.04. The first-order valence-electron chi connectivity index (χ1n) is 6.74. The maximum Gasteiger partial charge on any atom is -0.00955 e. The Labute approximate surface area is 106 Å². The molecule has 0 atom stereocenters. The average molecular weight is 230 g/mol. The third-order valence-corrected chi connectivity index (χ3v) is 4.23. The number of fused-ring (bicyclic) bond motifs is 1.